The Labute approximate surface area is 196 Å². The van der Waals surface area contributed by atoms with Gasteiger partial charge in [-0.2, -0.15) is 0 Å². The number of rotatable bonds is 3. The van der Waals surface area contributed by atoms with Crippen molar-refractivity contribution in [1.29, 1.82) is 0 Å². The number of hydrogen-bond acceptors (Lipinski definition) is 7. The molecule has 0 aromatic heterocycles. The third-order valence-corrected chi connectivity index (χ3v) is 6.33. The second kappa shape index (κ2) is 10.1. The van der Waals surface area contributed by atoms with Crippen LogP contribution >= 0.6 is 0 Å². The summed E-state index contributed by atoms with van der Waals surface area (Å²) in [6.07, 6.45) is 6.43. The van der Waals surface area contributed by atoms with E-state index < -0.39 is 47.6 Å². The first kappa shape index (κ1) is 26.6. The van der Waals surface area contributed by atoms with Crippen molar-refractivity contribution < 1.29 is 33.4 Å². The zero-order valence-corrected chi connectivity index (χ0v) is 20.7. The lowest BCUT2D eigenvalue weighted by Crippen LogP contribution is -2.56. The number of carbonyl (C=O) groups excluding carboxylic acids is 4. The molecule has 0 saturated heterocycles. The number of Topliss-reactive ketones (excluding diaryl/α,β-unsaturated/α-hetero) is 1. The first-order chi connectivity index (χ1) is 15.2. The van der Waals surface area contributed by atoms with Gasteiger partial charge >= 0.3 is 17.9 Å². The average Bonchev–Trinajstić information content (AvgIpc) is 2.93. The van der Waals surface area contributed by atoms with E-state index in [0.717, 1.165) is 0 Å². The van der Waals surface area contributed by atoms with E-state index in [4.69, 9.17) is 14.2 Å². The van der Waals surface area contributed by atoms with Gasteiger partial charge in [0.1, 0.15) is 12.2 Å². The van der Waals surface area contributed by atoms with Crippen LogP contribution in [0.3, 0.4) is 0 Å². The molecule has 0 spiro atoms. The molecular weight excluding hydrogens is 424 g/mol. The summed E-state index contributed by atoms with van der Waals surface area (Å²) in [5.74, 6) is -3.97. The molecule has 1 fully saturated rings. The number of hydrogen-bond donors (Lipinski definition) is 0. The van der Waals surface area contributed by atoms with Gasteiger partial charge in [-0.05, 0) is 23.3 Å². The molecule has 0 radical (unpaired) electrons. The summed E-state index contributed by atoms with van der Waals surface area (Å²) in [6.45, 7) is 15.5. The summed E-state index contributed by atoms with van der Waals surface area (Å²) < 4.78 is 17.1. The van der Waals surface area contributed by atoms with Crippen LogP contribution in [0.2, 0.25) is 0 Å². The van der Waals surface area contributed by atoms with Crippen LogP contribution < -0.4 is 0 Å². The van der Waals surface area contributed by atoms with Gasteiger partial charge in [-0.25, -0.2) is 0 Å². The SMILES string of the molecule is C=C1/C=C\CC(C)(C)/C=C\[C@@H](C)C(=O)[C@@]2(OC(C)=O)C[C@H](C)[C@H](OC(C)=O)[C@@H]2C1OC(C)=O. The lowest BCUT2D eigenvalue weighted by molar-refractivity contribution is -0.184. The van der Waals surface area contributed by atoms with Crippen molar-refractivity contribution in [2.45, 2.75) is 79.1 Å². The van der Waals surface area contributed by atoms with Crippen molar-refractivity contribution in [1.82, 2.24) is 0 Å². The van der Waals surface area contributed by atoms with E-state index in [9.17, 15) is 19.2 Å². The summed E-state index contributed by atoms with van der Waals surface area (Å²) in [4.78, 5) is 50.3. The van der Waals surface area contributed by atoms with Gasteiger partial charge in [-0.1, -0.05) is 58.6 Å². The molecule has 0 amide bonds. The number of carbonyl (C=O) groups is 4. The molecule has 0 aromatic carbocycles. The van der Waals surface area contributed by atoms with Crippen molar-refractivity contribution in [3.05, 3.63) is 36.5 Å². The summed E-state index contributed by atoms with van der Waals surface area (Å²) in [7, 11) is 0. The van der Waals surface area contributed by atoms with Crippen LogP contribution in [0.4, 0.5) is 0 Å². The van der Waals surface area contributed by atoms with Crippen molar-refractivity contribution >= 4 is 23.7 Å². The minimum Gasteiger partial charge on any atom is -0.462 e. The molecule has 7 nitrogen and oxygen atoms in total. The van der Waals surface area contributed by atoms with Crippen molar-refractivity contribution in [2.75, 3.05) is 0 Å². The number of ether oxygens (including phenoxy) is 3. The van der Waals surface area contributed by atoms with Crippen LogP contribution in [-0.4, -0.2) is 41.5 Å². The van der Waals surface area contributed by atoms with E-state index in [-0.39, 0.29) is 23.5 Å². The fraction of sp³-hybridized carbons (Fsp3) is 0.615. The lowest BCUT2D eigenvalue weighted by Gasteiger charge is -2.40. The molecule has 1 unspecified atom stereocenters. The molecule has 0 bridgehead atoms. The molecule has 2 rings (SSSR count). The zero-order valence-electron chi connectivity index (χ0n) is 20.7. The Hall–Kier alpha value is -2.70. The van der Waals surface area contributed by atoms with Crippen molar-refractivity contribution in [3.63, 3.8) is 0 Å². The van der Waals surface area contributed by atoms with E-state index >= 15 is 0 Å². The van der Waals surface area contributed by atoms with Crippen LogP contribution in [0.1, 0.15) is 61.3 Å². The van der Waals surface area contributed by atoms with Crippen LogP contribution in [0.15, 0.2) is 36.5 Å². The number of ketones is 1. The molecule has 2 aliphatic rings. The first-order valence-corrected chi connectivity index (χ1v) is 11.3. The number of esters is 3. The van der Waals surface area contributed by atoms with Gasteiger partial charge < -0.3 is 14.2 Å². The quantitative estimate of drug-likeness (QED) is 0.355. The van der Waals surface area contributed by atoms with E-state index in [0.29, 0.717) is 12.0 Å². The Balaban J connectivity index is 2.81. The van der Waals surface area contributed by atoms with E-state index in [1.54, 1.807) is 13.0 Å². The van der Waals surface area contributed by atoms with E-state index in [1.807, 2.05) is 39.0 Å². The highest BCUT2D eigenvalue weighted by molar-refractivity contribution is 5.93. The smallest absolute Gasteiger partial charge is 0.303 e. The fourth-order valence-electron chi connectivity index (χ4n) is 4.94. The number of allylic oxidation sites excluding steroid dienone is 3. The second-order valence-electron chi connectivity index (χ2n) is 9.98. The van der Waals surface area contributed by atoms with Crippen LogP contribution in [0.25, 0.3) is 0 Å². The highest BCUT2D eigenvalue weighted by Gasteiger charge is 2.64. The van der Waals surface area contributed by atoms with Gasteiger partial charge in [0.15, 0.2) is 11.4 Å². The molecule has 2 aliphatic carbocycles. The zero-order chi connectivity index (χ0) is 25.1. The maximum atomic E-state index is 14.0. The van der Waals surface area contributed by atoms with Gasteiger partial charge in [-0.3, -0.25) is 19.2 Å². The standard InChI is InChI=1S/C26H36O7/c1-15-10-9-12-25(7,8)13-11-16(2)24(30)26(33-20(6)29)14-17(3)23(32-19(5)28)21(26)22(15)31-18(4)27/h9-11,13,16-17,21-23H,1,12,14H2,2-8H3/b10-9-,13-11-/t16-,17+,21+,22?,23+,26-/m1/s1. The Bertz CT molecular complexity index is 881. The molecule has 33 heavy (non-hydrogen) atoms. The van der Waals surface area contributed by atoms with Crippen LogP contribution in [0.5, 0.6) is 0 Å². The van der Waals surface area contributed by atoms with Gasteiger partial charge in [0.25, 0.3) is 0 Å². The highest BCUT2D eigenvalue weighted by atomic mass is 16.6. The number of fused-ring (bicyclic) bond motifs is 1. The molecule has 182 valence electrons. The van der Waals surface area contributed by atoms with Crippen molar-refractivity contribution in [3.8, 4) is 0 Å². The Morgan fingerprint density at radius 1 is 1.03 bits per heavy atom. The Kier molecular flexibility index (Phi) is 8.09. The van der Waals surface area contributed by atoms with Gasteiger partial charge in [-0.15, -0.1) is 0 Å². The Morgan fingerprint density at radius 3 is 2.18 bits per heavy atom. The molecule has 1 saturated carbocycles. The summed E-state index contributed by atoms with van der Waals surface area (Å²) >= 11 is 0. The summed E-state index contributed by atoms with van der Waals surface area (Å²) in [6, 6.07) is 0. The van der Waals surface area contributed by atoms with E-state index in [2.05, 4.69) is 6.58 Å². The predicted octanol–water partition coefficient (Wildman–Crippen LogP) is 4.11. The summed E-state index contributed by atoms with van der Waals surface area (Å²) in [5, 5.41) is 0. The maximum Gasteiger partial charge on any atom is 0.303 e. The second-order valence-corrected chi connectivity index (χ2v) is 9.98. The highest BCUT2D eigenvalue weighted by Crippen LogP contribution is 2.50. The molecule has 7 heteroatoms. The topological polar surface area (TPSA) is 96.0 Å². The molecule has 6 atom stereocenters. The van der Waals surface area contributed by atoms with E-state index in [1.165, 1.54) is 20.8 Å². The van der Waals surface area contributed by atoms with Gasteiger partial charge in [0.2, 0.25) is 0 Å². The Morgan fingerprint density at radius 2 is 1.64 bits per heavy atom. The minimum atomic E-state index is -1.66. The van der Waals surface area contributed by atoms with Gasteiger partial charge in [0, 0.05) is 33.1 Å². The largest absolute Gasteiger partial charge is 0.462 e. The molecule has 0 aromatic rings. The molecule has 0 N–H and O–H groups in total. The average molecular weight is 461 g/mol. The maximum absolute atomic E-state index is 14.0. The molecule has 0 aliphatic heterocycles. The minimum absolute atomic E-state index is 0.129. The molecular formula is C26H36O7. The lowest BCUT2D eigenvalue weighted by atomic mass is 9.75. The fourth-order valence-corrected chi connectivity index (χ4v) is 4.94. The van der Waals surface area contributed by atoms with Crippen LogP contribution in [-0.2, 0) is 33.4 Å². The monoisotopic (exact) mass is 460 g/mol. The van der Waals surface area contributed by atoms with Crippen LogP contribution in [0, 0.1) is 23.2 Å². The third kappa shape index (κ3) is 6.01. The summed E-state index contributed by atoms with van der Waals surface area (Å²) in [5.41, 5.74) is -1.47. The normalized spacial score (nSPS) is 35.9. The molecule has 0 heterocycles. The third-order valence-electron chi connectivity index (χ3n) is 6.33. The van der Waals surface area contributed by atoms with Gasteiger partial charge in [0.05, 0.1) is 5.92 Å². The predicted molar refractivity (Wildman–Crippen MR) is 123 cm³/mol. The first-order valence-electron chi connectivity index (χ1n) is 11.3. The van der Waals surface area contributed by atoms with Crippen molar-refractivity contribution in [2.24, 2.45) is 23.2 Å².